The van der Waals surface area contributed by atoms with Crippen molar-refractivity contribution in [2.45, 2.75) is 84.2 Å². The van der Waals surface area contributed by atoms with Crippen LogP contribution in [0, 0.1) is 23.5 Å². The number of hydrogen-bond donors (Lipinski definition) is 1. The van der Waals surface area contributed by atoms with Gasteiger partial charge in [-0.25, -0.2) is 13.2 Å². The summed E-state index contributed by atoms with van der Waals surface area (Å²) in [6.45, 7) is 16.0. The van der Waals surface area contributed by atoms with Crippen molar-refractivity contribution in [3.8, 4) is 0 Å². The molecule has 0 bridgehead atoms. The van der Waals surface area contributed by atoms with E-state index >= 15 is 0 Å². The molecule has 0 aliphatic heterocycles. The molecule has 1 N–H and O–H groups in total. The lowest BCUT2D eigenvalue weighted by Gasteiger charge is -2.26. The molecule has 1 aromatic carbocycles. The van der Waals surface area contributed by atoms with Gasteiger partial charge in [-0.2, -0.15) is 4.39 Å². The third-order valence-electron chi connectivity index (χ3n) is 6.89. The van der Waals surface area contributed by atoms with E-state index in [9.17, 15) is 22.7 Å². The Labute approximate surface area is 214 Å². The van der Waals surface area contributed by atoms with Gasteiger partial charge < -0.3 is 9.84 Å². The van der Waals surface area contributed by atoms with Crippen LogP contribution in [0.25, 0.3) is 0 Å². The molecule has 202 valence electrons. The van der Waals surface area contributed by atoms with Crippen LogP contribution in [-0.2, 0) is 11.2 Å². The van der Waals surface area contributed by atoms with E-state index in [4.69, 9.17) is 0 Å². The molecule has 0 saturated heterocycles. The van der Waals surface area contributed by atoms with Crippen LogP contribution in [0.3, 0.4) is 0 Å². The third-order valence-corrected chi connectivity index (χ3v) is 6.89. The predicted octanol–water partition coefficient (Wildman–Crippen LogP) is 9.03. The number of allylic oxidation sites excluding steroid dienone is 4. The van der Waals surface area contributed by atoms with E-state index < -0.39 is 23.3 Å². The van der Waals surface area contributed by atoms with Gasteiger partial charge in [0.2, 0.25) is 0 Å². The first-order valence-corrected chi connectivity index (χ1v) is 12.7. The zero-order valence-electron chi connectivity index (χ0n) is 22.2. The van der Waals surface area contributed by atoms with Gasteiger partial charge in [-0.05, 0) is 86.3 Å². The maximum Gasteiger partial charge on any atom is 0.200 e. The van der Waals surface area contributed by atoms with Crippen LogP contribution in [0.15, 0.2) is 60.9 Å². The van der Waals surface area contributed by atoms with Crippen LogP contribution in [0.2, 0.25) is 0 Å². The van der Waals surface area contributed by atoms with Gasteiger partial charge in [0, 0.05) is 0 Å². The summed E-state index contributed by atoms with van der Waals surface area (Å²) in [5.41, 5.74) is 0.810. The maximum atomic E-state index is 14.7. The molecule has 2 unspecified atom stereocenters. The first kappa shape index (κ1) is 31.7. The van der Waals surface area contributed by atoms with Gasteiger partial charge in [0.05, 0.1) is 13.2 Å². The number of methoxy groups -OCH3 is 1. The second-order valence-corrected chi connectivity index (χ2v) is 9.76. The molecule has 2 nitrogen and oxygen atoms in total. The van der Waals surface area contributed by atoms with E-state index in [0.717, 1.165) is 0 Å². The fourth-order valence-electron chi connectivity index (χ4n) is 4.32. The number of benzene rings is 1. The van der Waals surface area contributed by atoms with Gasteiger partial charge in [0.1, 0.15) is 5.76 Å². The summed E-state index contributed by atoms with van der Waals surface area (Å²) in [6, 6.07) is 3.35. The zero-order valence-corrected chi connectivity index (χ0v) is 22.2. The first-order chi connectivity index (χ1) is 17.0. The van der Waals surface area contributed by atoms with Crippen LogP contribution < -0.4 is 0 Å². The molecule has 1 aromatic rings. The summed E-state index contributed by atoms with van der Waals surface area (Å²) in [4.78, 5) is 0. The standard InChI is InChI=1S/C27H36F4O2.C3H6/c1-16(6-8-17(2)18(3)24(28)25(29)19(4)33-5)7-9-21-12-15-23(27(31)26(21)30)20-10-13-22(32)14-11-20;1-3-2/h12,15-17,20,22,32H,3-4,6-11,13-14H2,1-2,5H3;3H,1H2,2H3/b25-24-;. The quantitative estimate of drug-likeness (QED) is 0.139. The molecule has 0 amide bonds. The Bertz CT molecular complexity index is 914. The van der Waals surface area contributed by atoms with Crippen molar-refractivity contribution in [1.29, 1.82) is 0 Å². The molecule has 1 fully saturated rings. The van der Waals surface area contributed by atoms with E-state index in [2.05, 4.69) is 24.5 Å². The third kappa shape index (κ3) is 9.27. The number of hydrogen-bond acceptors (Lipinski definition) is 2. The summed E-state index contributed by atoms with van der Waals surface area (Å²) in [7, 11) is 1.21. The highest BCUT2D eigenvalue weighted by atomic mass is 19.2. The molecule has 1 aliphatic carbocycles. The van der Waals surface area contributed by atoms with E-state index in [1.807, 2.05) is 13.8 Å². The Morgan fingerprint density at radius 1 is 1.03 bits per heavy atom. The normalized spacial score (nSPS) is 19.8. The van der Waals surface area contributed by atoms with E-state index in [1.54, 1.807) is 25.1 Å². The molecule has 1 saturated carbocycles. The van der Waals surface area contributed by atoms with Crippen LogP contribution in [-0.4, -0.2) is 18.3 Å². The highest BCUT2D eigenvalue weighted by Gasteiger charge is 2.25. The Balaban J connectivity index is 0.00000205. The first-order valence-electron chi connectivity index (χ1n) is 12.7. The SMILES string of the molecule is C=C(OC)/C(F)=C(/F)C(=C)C(C)CCC(C)CCc1ccc(C2CCC(O)CC2)c(F)c1F.C=CC. The summed E-state index contributed by atoms with van der Waals surface area (Å²) < 4.78 is 62.1. The van der Waals surface area contributed by atoms with Crippen molar-refractivity contribution < 1.29 is 27.4 Å². The monoisotopic (exact) mass is 510 g/mol. The number of aliphatic hydroxyl groups excluding tert-OH is 1. The predicted molar refractivity (Wildman–Crippen MR) is 140 cm³/mol. The molecule has 36 heavy (non-hydrogen) atoms. The fourth-order valence-corrected chi connectivity index (χ4v) is 4.32. The minimum Gasteiger partial charge on any atom is -0.494 e. The van der Waals surface area contributed by atoms with Gasteiger partial charge in [0.15, 0.2) is 23.3 Å². The zero-order chi connectivity index (χ0) is 27.4. The Kier molecular flexibility index (Phi) is 13.8. The van der Waals surface area contributed by atoms with Crippen molar-refractivity contribution in [2.24, 2.45) is 11.8 Å². The van der Waals surface area contributed by atoms with Crippen LogP contribution in [0.5, 0.6) is 0 Å². The molecule has 2 atom stereocenters. The highest BCUT2D eigenvalue weighted by Crippen LogP contribution is 2.36. The number of aliphatic hydroxyl groups is 1. The lowest BCUT2D eigenvalue weighted by molar-refractivity contribution is 0.122. The van der Waals surface area contributed by atoms with E-state index in [1.165, 1.54) is 7.11 Å². The summed E-state index contributed by atoms with van der Waals surface area (Å²) in [6.07, 6.45) is 6.32. The van der Waals surface area contributed by atoms with Crippen molar-refractivity contribution in [1.82, 2.24) is 0 Å². The molecule has 1 aliphatic rings. The molecular formula is C30H42F4O2. The minimum atomic E-state index is -1.15. The van der Waals surface area contributed by atoms with Gasteiger partial charge in [-0.1, -0.05) is 51.6 Å². The number of ether oxygens (including phenoxy) is 1. The van der Waals surface area contributed by atoms with Crippen LogP contribution in [0.4, 0.5) is 17.6 Å². The van der Waals surface area contributed by atoms with Crippen molar-refractivity contribution >= 4 is 0 Å². The number of aryl methyl sites for hydroxylation is 1. The molecule has 0 spiro atoms. The lowest BCUT2D eigenvalue weighted by Crippen LogP contribution is -2.18. The van der Waals surface area contributed by atoms with Gasteiger partial charge in [0.25, 0.3) is 0 Å². The molecular weight excluding hydrogens is 468 g/mol. The Hall–Kier alpha value is -2.34. The average Bonchev–Trinajstić information content (AvgIpc) is 2.87. The molecule has 0 radical (unpaired) electrons. The highest BCUT2D eigenvalue weighted by molar-refractivity contribution is 5.33. The minimum absolute atomic E-state index is 0.0502. The average molecular weight is 511 g/mol. The summed E-state index contributed by atoms with van der Waals surface area (Å²) >= 11 is 0. The largest absolute Gasteiger partial charge is 0.494 e. The summed E-state index contributed by atoms with van der Waals surface area (Å²) in [5, 5.41) is 9.64. The topological polar surface area (TPSA) is 29.5 Å². The van der Waals surface area contributed by atoms with Crippen molar-refractivity contribution in [3.05, 3.63) is 83.7 Å². The van der Waals surface area contributed by atoms with Crippen molar-refractivity contribution in [3.63, 3.8) is 0 Å². The van der Waals surface area contributed by atoms with Gasteiger partial charge in [-0.3, -0.25) is 0 Å². The van der Waals surface area contributed by atoms with Crippen LogP contribution >= 0.6 is 0 Å². The Morgan fingerprint density at radius 3 is 2.17 bits per heavy atom. The molecule has 2 rings (SSSR count). The summed E-state index contributed by atoms with van der Waals surface area (Å²) in [5.74, 6) is -4.28. The molecule has 0 aromatic heterocycles. The van der Waals surface area contributed by atoms with Crippen molar-refractivity contribution in [2.75, 3.05) is 7.11 Å². The van der Waals surface area contributed by atoms with Gasteiger partial charge >= 0.3 is 0 Å². The van der Waals surface area contributed by atoms with Gasteiger partial charge in [-0.15, -0.1) is 6.58 Å². The lowest BCUT2D eigenvalue weighted by atomic mass is 9.82. The Morgan fingerprint density at radius 2 is 1.61 bits per heavy atom. The fraction of sp³-hybridized carbons (Fsp3) is 0.533. The van der Waals surface area contributed by atoms with E-state index in [0.29, 0.717) is 62.5 Å². The number of rotatable bonds is 11. The van der Waals surface area contributed by atoms with Crippen LogP contribution in [0.1, 0.15) is 82.8 Å². The second kappa shape index (κ2) is 15.7. The number of halogens is 4. The molecule has 6 heteroatoms. The van der Waals surface area contributed by atoms with E-state index in [-0.39, 0.29) is 35.2 Å². The maximum absolute atomic E-state index is 14.7. The smallest absolute Gasteiger partial charge is 0.200 e. The molecule has 0 heterocycles. The second-order valence-electron chi connectivity index (χ2n) is 9.76.